The molecule has 0 fully saturated rings. The molecule has 0 aliphatic heterocycles. The van der Waals surface area contributed by atoms with Gasteiger partial charge in [0.25, 0.3) is 0 Å². The lowest BCUT2D eigenvalue weighted by Crippen LogP contribution is -2.22. The summed E-state index contributed by atoms with van der Waals surface area (Å²) in [6.45, 7) is 6.56. The van der Waals surface area contributed by atoms with E-state index in [2.05, 4.69) is 49.7 Å². The van der Waals surface area contributed by atoms with Crippen LogP contribution in [0.5, 0.6) is 0 Å². The van der Waals surface area contributed by atoms with Gasteiger partial charge in [0.1, 0.15) is 0 Å². The summed E-state index contributed by atoms with van der Waals surface area (Å²) in [4.78, 5) is 1.41. The van der Waals surface area contributed by atoms with Gasteiger partial charge in [-0.25, -0.2) is 0 Å². The number of halogens is 1. The number of rotatable bonds is 4. The van der Waals surface area contributed by atoms with Crippen molar-refractivity contribution in [3.63, 3.8) is 0 Å². The highest BCUT2D eigenvalue weighted by atomic mass is 35.5. The van der Waals surface area contributed by atoms with Gasteiger partial charge in [-0.3, -0.25) is 0 Å². The Morgan fingerprint density at radius 1 is 1.06 bits per heavy atom. The van der Waals surface area contributed by atoms with Gasteiger partial charge < -0.3 is 5.32 Å². The van der Waals surface area contributed by atoms with Crippen molar-refractivity contribution in [2.75, 3.05) is 0 Å². The molecule has 18 heavy (non-hydrogen) atoms. The summed E-state index contributed by atoms with van der Waals surface area (Å²) in [6, 6.07) is 10.9. The normalized spacial score (nSPS) is 14.4. The number of hydrogen-bond acceptors (Lipinski definition) is 2. The molecule has 3 heteroatoms. The van der Waals surface area contributed by atoms with Gasteiger partial charge in [-0.1, -0.05) is 23.7 Å². The molecule has 1 N–H and O–H groups in total. The topological polar surface area (TPSA) is 12.0 Å². The summed E-state index contributed by atoms with van der Waals surface area (Å²) >= 11 is 7.72. The molecule has 0 aliphatic carbocycles. The second-order valence-corrected chi connectivity index (χ2v) is 6.01. The van der Waals surface area contributed by atoms with E-state index < -0.39 is 0 Å². The molecule has 0 saturated heterocycles. The standard InChI is InChI=1S/C15H18ClNS/c1-10-8-9-18-15(10)12(3)17-11(2)13-4-6-14(16)7-5-13/h4-9,11-12,17H,1-3H3. The van der Waals surface area contributed by atoms with Crippen LogP contribution >= 0.6 is 22.9 Å². The van der Waals surface area contributed by atoms with Gasteiger partial charge in [0.05, 0.1) is 0 Å². The van der Waals surface area contributed by atoms with Crippen LogP contribution in [0.3, 0.4) is 0 Å². The van der Waals surface area contributed by atoms with Crippen LogP contribution in [0, 0.1) is 6.92 Å². The minimum atomic E-state index is 0.318. The van der Waals surface area contributed by atoms with Crippen LogP contribution < -0.4 is 5.32 Å². The van der Waals surface area contributed by atoms with Crippen LogP contribution in [0.25, 0.3) is 0 Å². The van der Waals surface area contributed by atoms with Crippen LogP contribution in [-0.2, 0) is 0 Å². The van der Waals surface area contributed by atoms with Crippen molar-refractivity contribution in [2.24, 2.45) is 0 Å². The van der Waals surface area contributed by atoms with Crippen molar-refractivity contribution in [3.05, 3.63) is 56.7 Å². The lowest BCUT2D eigenvalue weighted by molar-refractivity contribution is 0.499. The largest absolute Gasteiger partial charge is 0.303 e. The maximum atomic E-state index is 5.91. The van der Waals surface area contributed by atoms with E-state index >= 15 is 0 Å². The lowest BCUT2D eigenvalue weighted by Gasteiger charge is -2.20. The quantitative estimate of drug-likeness (QED) is 0.819. The highest BCUT2D eigenvalue weighted by Gasteiger charge is 2.13. The van der Waals surface area contributed by atoms with Crippen LogP contribution in [0.15, 0.2) is 35.7 Å². The first-order valence-corrected chi connectivity index (χ1v) is 7.39. The van der Waals surface area contributed by atoms with E-state index in [0.717, 1.165) is 5.02 Å². The van der Waals surface area contributed by atoms with E-state index in [4.69, 9.17) is 11.6 Å². The van der Waals surface area contributed by atoms with Gasteiger partial charge in [0, 0.05) is 22.0 Å². The first kappa shape index (κ1) is 13.6. The van der Waals surface area contributed by atoms with E-state index in [1.807, 2.05) is 23.5 Å². The summed E-state index contributed by atoms with van der Waals surface area (Å²) in [5.41, 5.74) is 2.63. The average Bonchev–Trinajstić information content (AvgIpc) is 2.76. The molecule has 2 aromatic rings. The molecule has 1 aromatic carbocycles. The predicted octanol–water partition coefficient (Wildman–Crippen LogP) is 5.12. The van der Waals surface area contributed by atoms with Crippen LogP contribution in [-0.4, -0.2) is 0 Å². The Bertz CT molecular complexity index is 503. The molecule has 2 unspecified atom stereocenters. The van der Waals surface area contributed by atoms with Gasteiger partial charge in [-0.2, -0.15) is 0 Å². The fourth-order valence-electron chi connectivity index (χ4n) is 2.13. The van der Waals surface area contributed by atoms with Crippen molar-refractivity contribution < 1.29 is 0 Å². The fraction of sp³-hybridized carbons (Fsp3) is 0.333. The van der Waals surface area contributed by atoms with Crippen LogP contribution in [0.2, 0.25) is 5.02 Å². The first-order chi connectivity index (χ1) is 8.58. The van der Waals surface area contributed by atoms with Gasteiger partial charge in [-0.05, 0) is 55.5 Å². The first-order valence-electron chi connectivity index (χ1n) is 6.13. The summed E-state index contributed by atoms with van der Waals surface area (Å²) in [5, 5.41) is 6.56. The van der Waals surface area contributed by atoms with E-state index in [0.29, 0.717) is 12.1 Å². The van der Waals surface area contributed by atoms with Crippen LogP contribution in [0.4, 0.5) is 0 Å². The molecular formula is C15H18ClNS. The van der Waals surface area contributed by atoms with Crippen molar-refractivity contribution in [2.45, 2.75) is 32.9 Å². The van der Waals surface area contributed by atoms with Crippen molar-refractivity contribution >= 4 is 22.9 Å². The Labute approximate surface area is 118 Å². The smallest absolute Gasteiger partial charge is 0.0406 e. The Hall–Kier alpha value is -0.830. The number of nitrogens with one attached hydrogen (secondary N) is 1. The highest BCUT2D eigenvalue weighted by Crippen LogP contribution is 2.26. The second kappa shape index (κ2) is 5.87. The monoisotopic (exact) mass is 279 g/mol. The van der Waals surface area contributed by atoms with E-state index in [9.17, 15) is 0 Å². The molecule has 0 spiro atoms. The van der Waals surface area contributed by atoms with E-state index in [1.54, 1.807) is 0 Å². The molecule has 0 bridgehead atoms. The number of thiophene rings is 1. The second-order valence-electron chi connectivity index (χ2n) is 4.63. The van der Waals surface area contributed by atoms with E-state index in [1.165, 1.54) is 16.0 Å². The zero-order valence-corrected chi connectivity index (χ0v) is 12.5. The van der Waals surface area contributed by atoms with Crippen molar-refractivity contribution in [3.8, 4) is 0 Å². The third-order valence-corrected chi connectivity index (χ3v) is 4.62. The predicted molar refractivity (Wildman–Crippen MR) is 80.5 cm³/mol. The Kier molecular flexibility index (Phi) is 4.44. The molecule has 96 valence electrons. The van der Waals surface area contributed by atoms with Crippen molar-refractivity contribution in [1.82, 2.24) is 5.32 Å². The van der Waals surface area contributed by atoms with Crippen LogP contribution in [0.1, 0.15) is 41.9 Å². The third-order valence-electron chi connectivity index (χ3n) is 3.16. The molecule has 2 atom stereocenters. The Morgan fingerprint density at radius 3 is 2.28 bits per heavy atom. The zero-order chi connectivity index (χ0) is 13.1. The maximum absolute atomic E-state index is 5.91. The van der Waals surface area contributed by atoms with Gasteiger partial charge in [0.15, 0.2) is 0 Å². The van der Waals surface area contributed by atoms with E-state index in [-0.39, 0.29) is 0 Å². The highest BCUT2D eigenvalue weighted by molar-refractivity contribution is 7.10. The summed E-state index contributed by atoms with van der Waals surface area (Å²) < 4.78 is 0. The van der Waals surface area contributed by atoms with Gasteiger partial charge >= 0.3 is 0 Å². The SMILES string of the molecule is Cc1ccsc1C(C)NC(C)c1ccc(Cl)cc1. The molecule has 0 radical (unpaired) electrons. The lowest BCUT2D eigenvalue weighted by atomic mass is 10.1. The molecule has 0 amide bonds. The molecule has 1 heterocycles. The molecule has 1 aromatic heterocycles. The minimum Gasteiger partial charge on any atom is -0.303 e. The number of aryl methyl sites for hydroxylation is 1. The number of benzene rings is 1. The summed E-state index contributed by atoms with van der Waals surface area (Å²) in [7, 11) is 0. The minimum absolute atomic E-state index is 0.318. The van der Waals surface area contributed by atoms with Gasteiger partial charge in [0.2, 0.25) is 0 Å². The molecular weight excluding hydrogens is 262 g/mol. The van der Waals surface area contributed by atoms with Crippen molar-refractivity contribution in [1.29, 1.82) is 0 Å². The molecule has 0 aliphatic rings. The summed E-state index contributed by atoms with van der Waals surface area (Å²) in [6.07, 6.45) is 0. The van der Waals surface area contributed by atoms with Gasteiger partial charge in [-0.15, -0.1) is 11.3 Å². The summed E-state index contributed by atoms with van der Waals surface area (Å²) in [5.74, 6) is 0. The molecule has 2 rings (SSSR count). The Balaban J connectivity index is 2.05. The fourth-order valence-corrected chi connectivity index (χ4v) is 3.20. The zero-order valence-electron chi connectivity index (χ0n) is 10.9. The Morgan fingerprint density at radius 2 is 1.72 bits per heavy atom. The third kappa shape index (κ3) is 3.14. The molecule has 0 saturated carbocycles. The maximum Gasteiger partial charge on any atom is 0.0406 e. The molecule has 1 nitrogen and oxygen atoms in total. The number of hydrogen-bond donors (Lipinski definition) is 1. The average molecular weight is 280 g/mol.